The molecule has 0 bridgehead atoms. The topological polar surface area (TPSA) is 61.9 Å². The summed E-state index contributed by atoms with van der Waals surface area (Å²) >= 11 is 12.4. The van der Waals surface area contributed by atoms with Gasteiger partial charge < -0.3 is 15.0 Å². The highest BCUT2D eigenvalue weighted by Gasteiger charge is 2.41. The second-order valence-corrected chi connectivity index (χ2v) is 11.2. The van der Waals surface area contributed by atoms with E-state index in [4.69, 9.17) is 27.9 Å². The van der Waals surface area contributed by atoms with Crippen LogP contribution in [0.3, 0.4) is 0 Å². The van der Waals surface area contributed by atoms with Gasteiger partial charge in [0.15, 0.2) is 0 Å². The van der Waals surface area contributed by atoms with E-state index in [2.05, 4.69) is 10.2 Å². The molecular formula is C28H32Cl2F3N3O3. The Morgan fingerprint density at radius 3 is 2.31 bits per heavy atom. The molecule has 2 aliphatic rings. The largest absolute Gasteiger partial charge is 0.490 e. The van der Waals surface area contributed by atoms with Gasteiger partial charge in [-0.2, -0.15) is 13.2 Å². The van der Waals surface area contributed by atoms with Gasteiger partial charge in [-0.05, 0) is 61.7 Å². The van der Waals surface area contributed by atoms with Crippen LogP contribution in [-0.2, 0) is 15.8 Å². The van der Waals surface area contributed by atoms with Crippen LogP contribution in [0.25, 0.3) is 0 Å². The summed E-state index contributed by atoms with van der Waals surface area (Å²) in [6, 6.07) is 10.2. The smallest absolute Gasteiger partial charge is 0.416 e. The monoisotopic (exact) mass is 585 g/mol. The van der Waals surface area contributed by atoms with E-state index >= 15 is 0 Å². The van der Waals surface area contributed by atoms with Gasteiger partial charge in [0.1, 0.15) is 11.9 Å². The Hall–Kier alpha value is -2.49. The van der Waals surface area contributed by atoms with E-state index in [0.717, 1.165) is 43.6 Å². The summed E-state index contributed by atoms with van der Waals surface area (Å²) in [4.78, 5) is 28.6. The van der Waals surface area contributed by atoms with Gasteiger partial charge in [-0.15, -0.1) is 0 Å². The summed E-state index contributed by atoms with van der Waals surface area (Å²) in [6.45, 7) is 6.00. The predicted octanol–water partition coefficient (Wildman–Crippen LogP) is 5.62. The van der Waals surface area contributed by atoms with Crippen molar-refractivity contribution in [2.45, 2.75) is 50.9 Å². The molecule has 3 atom stereocenters. The molecule has 11 heteroatoms. The minimum Gasteiger partial charge on any atom is -0.490 e. The van der Waals surface area contributed by atoms with Gasteiger partial charge in [0.25, 0.3) is 0 Å². The van der Waals surface area contributed by atoms with Crippen molar-refractivity contribution in [1.82, 2.24) is 15.1 Å². The van der Waals surface area contributed by atoms with Gasteiger partial charge >= 0.3 is 6.18 Å². The number of carbonyl (C=O) groups excluding carboxylic acids is 2. The Bertz CT molecular complexity index is 1170. The highest BCUT2D eigenvalue weighted by molar-refractivity contribution is 6.42. The zero-order valence-electron chi connectivity index (χ0n) is 21.8. The summed E-state index contributed by atoms with van der Waals surface area (Å²) < 4.78 is 45.0. The lowest BCUT2D eigenvalue weighted by Crippen LogP contribution is -2.47. The molecule has 2 amide bonds. The van der Waals surface area contributed by atoms with Crippen molar-refractivity contribution in [2.24, 2.45) is 5.92 Å². The maximum atomic E-state index is 13.3. The Balaban J connectivity index is 1.45. The van der Waals surface area contributed by atoms with E-state index < -0.39 is 17.8 Å². The Morgan fingerprint density at radius 1 is 1.05 bits per heavy atom. The summed E-state index contributed by atoms with van der Waals surface area (Å²) in [5.74, 6) is 0.0590. The molecule has 1 N–H and O–H groups in total. The second-order valence-electron chi connectivity index (χ2n) is 10.3. The van der Waals surface area contributed by atoms with Crippen LogP contribution >= 0.6 is 23.2 Å². The first-order valence-corrected chi connectivity index (χ1v) is 13.7. The number of hydrogen-bond acceptors (Lipinski definition) is 4. The van der Waals surface area contributed by atoms with E-state index in [1.54, 1.807) is 12.1 Å². The van der Waals surface area contributed by atoms with Gasteiger partial charge in [0.2, 0.25) is 11.8 Å². The molecule has 6 nitrogen and oxygen atoms in total. The van der Waals surface area contributed by atoms with Gasteiger partial charge in [-0.25, -0.2) is 0 Å². The molecule has 2 aromatic carbocycles. The molecule has 39 heavy (non-hydrogen) atoms. The molecule has 2 aliphatic heterocycles. The van der Waals surface area contributed by atoms with Crippen LogP contribution in [-0.4, -0.2) is 66.5 Å². The molecule has 0 radical (unpaired) electrons. The van der Waals surface area contributed by atoms with Crippen molar-refractivity contribution < 1.29 is 27.5 Å². The third kappa shape index (κ3) is 7.58. The van der Waals surface area contributed by atoms with Crippen LogP contribution in [0, 0.1) is 5.92 Å². The number of halogens is 5. The van der Waals surface area contributed by atoms with E-state index in [9.17, 15) is 22.8 Å². The van der Waals surface area contributed by atoms with Crippen molar-refractivity contribution in [1.29, 1.82) is 0 Å². The molecule has 2 heterocycles. The molecule has 0 aliphatic carbocycles. The summed E-state index contributed by atoms with van der Waals surface area (Å²) in [5.41, 5.74) is 0.179. The Labute approximate surface area is 236 Å². The second kappa shape index (κ2) is 12.4. The van der Waals surface area contributed by atoms with Crippen molar-refractivity contribution >= 4 is 35.0 Å². The number of nitrogens with zero attached hydrogens (tertiary/aromatic N) is 2. The molecule has 0 spiro atoms. The lowest BCUT2D eigenvalue weighted by atomic mass is 9.85. The van der Waals surface area contributed by atoms with Crippen LogP contribution in [0.4, 0.5) is 13.2 Å². The SMILES string of the molecule is CC(=O)NC1CCN(CC(=O)N2C[C@@H]([C@@H](C)Oc3ccc(C(F)(F)F)cc3)[C@H](c3ccc(Cl)c(Cl)c3)C2)CC1. The van der Waals surface area contributed by atoms with Gasteiger partial charge in [0, 0.05) is 51.0 Å². The fourth-order valence-corrected chi connectivity index (χ4v) is 5.75. The zero-order valence-corrected chi connectivity index (χ0v) is 23.3. The quantitative estimate of drug-likeness (QED) is 0.458. The molecule has 0 unspecified atom stereocenters. The first-order chi connectivity index (χ1) is 18.4. The fourth-order valence-electron chi connectivity index (χ4n) is 5.44. The number of benzene rings is 2. The lowest BCUT2D eigenvalue weighted by Gasteiger charge is -2.32. The molecule has 0 aromatic heterocycles. The summed E-state index contributed by atoms with van der Waals surface area (Å²) in [7, 11) is 0. The minimum absolute atomic E-state index is 0.00210. The molecule has 2 saturated heterocycles. The number of carbonyl (C=O) groups is 2. The van der Waals surface area contributed by atoms with Gasteiger partial charge in [0.05, 0.1) is 22.2 Å². The van der Waals surface area contributed by atoms with Gasteiger partial charge in [-0.1, -0.05) is 29.3 Å². The number of ether oxygens (including phenoxy) is 1. The Kier molecular flexibility index (Phi) is 9.34. The normalized spacial score (nSPS) is 21.6. The number of rotatable bonds is 7. The maximum Gasteiger partial charge on any atom is 0.416 e. The highest BCUT2D eigenvalue weighted by atomic mass is 35.5. The minimum atomic E-state index is -4.42. The van der Waals surface area contributed by atoms with Crippen molar-refractivity contribution in [2.75, 3.05) is 32.7 Å². The average Bonchev–Trinajstić information content (AvgIpc) is 3.32. The third-order valence-corrected chi connectivity index (χ3v) is 8.29. The molecule has 212 valence electrons. The summed E-state index contributed by atoms with van der Waals surface area (Å²) in [5, 5.41) is 3.78. The van der Waals surface area contributed by atoms with Crippen LogP contribution in [0.2, 0.25) is 10.0 Å². The van der Waals surface area contributed by atoms with Crippen molar-refractivity contribution in [3.63, 3.8) is 0 Å². The molecule has 2 fully saturated rings. The number of alkyl halides is 3. The number of likely N-dealkylation sites (tertiary alicyclic amines) is 2. The van der Waals surface area contributed by atoms with Gasteiger partial charge in [-0.3, -0.25) is 14.5 Å². The predicted molar refractivity (Wildman–Crippen MR) is 144 cm³/mol. The van der Waals surface area contributed by atoms with E-state index in [1.807, 2.05) is 17.9 Å². The van der Waals surface area contributed by atoms with E-state index in [1.165, 1.54) is 19.1 Å². The third-order valence-electron chi connectivity index (χ3n) is 7.55. The van der Waals surface area contributed by atoms with Crippen molar-refractivity contribution in [3.8, 4) is 5.75 Å². The molecular weight excluding hydrogens is 554 g/mol. The molecule has 0 saturated carbocycles. The summed E-state index contributed by atoms with van der Waals surface area (Å²) in [6.07, 6.45) is -3.24. The standard InChI is InChI=1S/C28H32Cl2F3N3O3/c1-17(39-22-6-4-20(5-7-22)28(31,32)33)23-14-36(15-24(23)19-3-8-25(29)26(30)13-19)27(38)16-35-11-9-21(10-12-35)34-18(2)37/h3-8,13,17,21,23-24H,9-12,14-16H2,1-2H3,(H,34,37)/t17-,23+,24+/m1/s1. The lowest BCUT2D eigenvalue weighted by molar-refractivity contribution is -0.137. The maximum absolute atomic E-state index is 13.3. The molecule has 2 aromatic rings. The number of hydrogen-bond donors (Lipinski definition) is 1. The Morgan fingerprint density at radius 2 is 1.72 bits per heavy atom. The molecule has 4 rings (SSSR count). The highest BCUT2D eigenvalue weighted by Crippen LogP contribution is 2.39. The first kappa shape index (κ1) is 29.5. The zero-order chi connectivity index (χ0) is 28.3. The first-order valence-electron chi connectivity index (χ1n) is 13.0. The van der Waals surface area contributed by atoms with Crippen LogP contribution < -0.4 is 10.1 Å². The van der Waals surface area contributed by atoms with Crippen LogP contribution in [0.1, 0.15) is 43.7 Å². The van der Waals surface area contributed by atoms with E-state index in [0.29, 0.717) is 28.9 Å². The fraction of sp³-hybridized carbons (Fsp3) is 0.500. The number of piperidine rings is 1. The van der Waals surface area contributed by atoms with E-state index in [-0.39, 0.29) is 36.2 Å². The average molecular weight is 586 g/mol. The number of amides is 2. The van der Waals surface area contributed by atoms with Crippen LogP contribution in [0.5, 0.6) is 5.75 Å². The van der Waals surface area contributed by atoms with Crippen molar-refractivity contribution in [3.05, 3.63) is 63.6 Å². The van der Waals surface area contributed by atoms with Crippen LogP contribution in [0.15, 0.2) is 42.5 Å². The number of nitrogens with one attached hydrogen (secondary N) is 1.